The molecule has 2 aromatic rings. The average Bonchev–Trinajstić information content (AvgIpc) is 2.75. The van der Waals surface area contributed by atoms with Crippen molar-refractivity contribution in [3.8, 4) is 0 Å². The topological polar surface area (TPSA) is 60.0 Å². The van der Waals surface area contributed by atoms with Crippen molar-refractivity contribution >= 4 is 17.6 Å². The molecule has 6 nitrogen and oxygen atoms in total. The first kappa shape index (κ1) is 22.3. The second-order valence-electron chi connectivity index (χ2n) is 7.21. The molecule has 156 valence electrons. The number of para-hydroxylation sites is 1. The molecule has 0 spiro atoms. The molecule has 0 aliphatic rings. The van der Waals surface area contributed by atoms with Crippen molar-refractivity contribution in [2.75, 3.05) is 46.2 Å². The van der Waals surface area contributed by atoms with Crippen molar-refractivity contribution in [1.29, 1.82) is 0 Å². The van der Waals surface area contributed by atoms with Crippen LogP contribution in [-0.2, 0) is 6.54 Å². The van der Waals surface area contributed by atoms with E-state index in [1.807, 2.05) is 30.3 Å². The van der Waals surface area contributed by atoms with Crippen LogP contribution in [0.25, 0.3) is 0 Å². The lowest BCUT2D eigenvalue weighted by atomic mass is 10.1. The number of guanidine groups is 1. The van der Waals surface area contributed by atoms with E-state index < -0.39 is 0 Å². The Balaban J connectivity index is 1.67. The average molecular weight is 396 g/mol. The van der Waals surface area contributed by atoms with Gasteiger partial charge in [0, 0.05) is 59.1 Å². The van der Waals surface area contributed by atoms with E-state index in [1.54, 1.807) is 26.0 Å². The smallest absolute Gasteiger partial charge is 0.253 e. The summed E-state index contributed by atoms with van der Waals surface area (Å²) in [7, 11) is 7.41. The Morgan fingerprint density at radius 2 is 1.62 bits per heavy atom. The summed E-state index contributed by atoms with van der Waals surface area (Å²) in [6.45, 7) is 2.56. The Morgan fingerprint density at radius 3 is 2.24 bits per heavy atom. The van der Waals surface area contributed by atoms with Crippen LogP contribution in [0.2, 0.25) is 0 Å². The van der Waals surface area contributed by atoms with Crippen LogP contribution in [0.3, 0.4) is 0 Å². The maximum atomic E-state index is 11.9. The van der Waals surface area contributed by atoms with Gasteiger partial charge in [-0.3, -0.25) is 9.79 Å². The monoisotopic (exact) mass is 395 g/mol. The minimum absolute atomic E-state index is 0.0138. The predicted molar refractivity (Wildman–Crippen MR) is 122 cm³/mol. The van der Waals surface area contributed by atoms with Gasteiger partial charge in [0.2, 0.25) is 0 Å². The Bertz CT molecular complexity index is 772. The number of benzene rings is 2. The highest BCUT2D eigenvalue weighted by molar-refractivity contribution is 5.93. The number of nitrogens with zero attached hydrogens (tertiary/aromatic N) is 3. The molecule has 0 atom stereocenters. The lowest BCUT2D eigenvalue weighted by Crippen LogP contribution is -2.37. The number of hydrogen-bond acceptors (Lipinski definition) is 3. The Labute approximate surface area is 174 Å². The molecular weight excluding hydrogens is 362 g/mol. The first-order valence-electron chi connectivity index (χ1n) is 10.0. The van der Waals surface area contributed by atoms with Crippen LogP contribution < -0.4 is 15.5 Å². The van der Waals surface area contributed by atoms with Crippen LogP contribution in [0.15, 0.2) is 59.6 Å². The van der Waals surface area contributed by atoms with E-state index in [9.17, 15) is 4.79 Å². The second kappa shape index (κ2) is 11.7. The highest BCUT2D eigenvalue weighted by Crippen LogP contribution is 2.11. The first-order chi connectivity index (χ1) is 14.0. The molecule has 0 aliphatic heterocycles. The zero-order valence-corrected chi connectivity index (χ0v) is 18.0. The van der Waals surface area contributed by atoms with E-state index in [1.165, 1.54) is 5.69 Å². The maximum absolute atomic E-state index is 11.9. The fourth-order valence-corrected chi connectivity index (χ4v) is 2.92. The van der Waals surface area contributed by atoms with Gasteiger partial charge in [0.1, 0.15) is 0 Å². The van der Waals surface area contributed by atoms with E-state index >= 15 is 0 Å². The first-order valence-corrected chi connectivity index (χ1v) is 10.0. The molecule has 0 saturated carbocycles. The third-order valence-corrected chi connectivity index (χ3v) is 4.70. The minimum atomic E-state index is 0.0138. The normalized spacial score (nSPS) is 11.1. The van der Waals surface area contributed by atoms with Gasteiger partial charge < -0.3 is 20.4 Å². The van der Waals surface area contributed by atoms with E-state index in [-0.39, 0.29) is 5.91 Å². The van der Waals surface area contributed by atoms with Crippen LogP contribution in [0.5, 0.6) is 0 Å². The number of carbonyl (C=O) groups is 1. The Kier molecular flexibility index (Phi) is 9.02. The summed E-state index contributed by atoms with van der Waals surface area (Å²) >= 11 is 0. The molecule has 0 saturated heterocycles. The third kappa shape index (κ3) is 7.49. The minimum Gasteiger partial charge on any atom is -0.375 e. The zero-order valence-electron chi connectivity index (χ0n) is 18.0. The second-order valence-corrected chi connectivity index (χ2v) is 7.21. The fourth-order valence-electron chi connectivity index (χ4n) is 2.92. The standard InChI is InChI=1S/C23H33N5O/c1-24-23(25-16-8-9-17-28(4)21-10-6-5-7-11-21)26-18-19-12-14-20(15-13-19)22(29)27(2)3/h5-7,10-15H,8-9,16-18H2,1-4H3,(H2,24,25,26). The molecule has 2 N–H and O–H groups in total. The molecule has 0 heterocycles. The summed E-state index contributed by atoms with van der Waals surface area (Å²) in [5.74, 6) is 0.801. The lowest BCUT2D eigenvalue weighted by Gasteiger charge is -2.19. The summed E-state index contributed by atoms with van der Waals surface area (Å²) in [5.41, 5.74) is 3.05. The molecule has 2 aromatic carbocycles. The fraction of sp³-hybridized carbons (Fsp3) is 0.391. The van der Waals surface area contributed by atoms with E-state index in [4.69, 9.17) is 0 Å². The Morgan fingerprint density at radius 1 is 0.931 bits per heavy atom. The molecule has 29 heavy (non-hydrogen) atoms. The van der Waals surface area contributed by atoms with Crippen LogP contribution in [0.1, 0.15) is 28.8 Å². The van der Waals surface area contributed by atoms with Gasteiger partial charge in [-0.2, -0.15) is 0 Å². The quantitative estimate of drug-likeness (QED) is 0.389. The number of rotatable bonds is 9. The highest BCUT2D eigenvalue weighted by Gasteiger charge is 2.07. The molecule has 2 rings (SSSR count). The van der Waals surface area contributed by atoms with Crippen molar-refractivity contribution in [3.05, 3.63) is 65.7 Å². The van der Waals surface area contributed by atoms with Gasteiger partial charge in [0.15, 0.2) is 5.96 Å². The number of unbranched alkanes of at least 4 members (excludes halogenated alkanes) is 1. The molecule has 0 aromatic heterocycles. The van der Waals surface area contributed by atoms with E-state index in [0.717, 1.165) is 37.5 Å². The number of amides is 1. The van der Waals surface area contributed by atoms with Crippen LogP contribution in [0, 0.1) is 0 Å². The molecule has 0 unspecified atom stereocenters. The van der Waals surface area contributed by atoms with Gasteiger partial charge in [-0.15, -0.1) is 0 Å². The number of carbonyl (C=O) groups excluding carboxylic acids is 1. The molecule has 1 amide bonds. The lowest BCUT2D eigenvalue weighted by molar-refractivity contribution is 0.0827. The molecule has 0 aliphatic carbocycles. The van der Waals surface area contributed by atoms with Crippen molar-refractivity contribution in [2.45, 2.75) is 19.4 Å². The number of hydrogen-bond donors (Lipinski definition) is 2. The summed E-state index contributed by atoms with van der Waals surface area (Å²) in [6.07, 6.45) is 2.18. The number of anilines is 1. The van der Waals surface area contributed by atoms with Gasteiger partial charge in [0.05, 0.1) is 0 Å². The van der Waals surface area contributed by atoms with Gasteiger partial charge in [-0.05, 0) is 42.7 Å². The molecule has 0 radical (unpaired) electrons. The van der Waals surface area contributed by atoms with Gasteiger partial charge >= 0.3 is 0 Å². The summed E-state index contributed by atoms with van der Waals surface area (Å²) in [5, 5.41) is 6.67. The Hall–Kier alpha value is -3.02. The largest absolute Gasteiger partial charge is 0.375 e. The highest BCUT2D eigenvalue weighted by atomic mass is 16.2. The number of nitrogens with one attached hydrogen (secondary N) is 2. The van der Waals surface area contributed by atoms with E-state index in [0.29, 0.717) is 12.1 Å². The van der Waals surface area contributed by atoms with Gasteiger partial charge in [0.25, 0.3) is 5.91 Å². The summed E-state index contributed by atoms with van der Waals surface area (Å²) < 4.78 is 0. The van der Waals surface area contributed by atoms with Gasteiger partial charge in [-0.25, -0.2) is 0 Å². The molecule has 6 heteroatoms. The van der Waals surface area contributed by atoms with Crippen molar-refractivity contribution in [2.24, 2.45) is 4.99 Å². The van der Waals surface area contributed by atoms with Crippen molar-refractivity contribution in [3.63, 3.8) is 0 Å². The third-order valence-electron chi connectivity index (χ3n) is 4.70. The predicted octanol–water partition coefficient (Wildman–Crippen LogP) is 2.97. The molecule has 0 fully saturated rings. The van der Waals surface area contributed by atoms with Crippen molar-refractivity contribution < 1.29 is 4.79 Å². The summed E-state index contributed by atoms with van der Waals surface area (Å²) in [4.78, 5) is 20.1. The van der Waals surface area contributed by atoms with Crippen molar-refractivity contribution in [1.82, 2.24) is 15.5 Å². The van der Waals surface area contributed by atoms with E-state index in [2.05, 4.69) is 51.8 Å². The van der Waals surface area contributed by atoms with Gasteiger partial charge in [-0.1, -0.05) is 30.3 Å². The van der Waals surface area contributed by atoms with Crippen LogP contribution >= 0.6 is 0 Å². The van der Waals surface area contributed by atoms with Crippen LogP contribution in [-0.4, -0.2) is 58.0 Å². The zero-order chi connectivity index (χ0) is 21.1. The van der Waals surface area contributed by atoms with Crippen LogP contribution in [0.4, 0.5) is 5.69 Å². The molecule has 0 bridgehead atoms. The summed E-state index contributed by atoms with van der Waals surface area (Å²) in [6, 6.07) is 18.1. The number of aliphatic imine (C=N–C) groups is 1. The SMILES string of the molecule is CN=C(NCCCCN(C)c1ccccc1)NCc1ccc(C(=O)N(C)C)cc1. The molecular formula is C23H33N5O. The maximum Gasteiger partial charge on any atom is 0.253 e.